The standard InChI is InChI=1S/C15H24N2O3S/c1-5-17(6-2)15(18)12-9-13-7-10-14(11-8-13)21(19,20)16(3)4/h7-8,10-11H,5-6,9,12H2,1-4H3. The minimum Gasteiger partial charge on any atom is -0.343 e. The number of rotatable bonds is 7. The Kier molecular flexibility index (Phi) is 6.36. The molecule has 0 N–H and O–H groups in total. The molecule has 0 aromatic heterocycles. The third-order valence-corrected chi connectivity index (χ3v) is 5.27. The molecule has 0 aliphatic carbocycles. The zero-order valence-electron chi connectivity index (χ0n) is 13.2. The lowest BCUT2D eigenvalue weighted by Gasteiger charge is -2.18. The first kappa shape index (κ1) is 17.7. The van der Waals surface area contributed by atoms with E-state index in [2.05, 4.69) is 0 Å². The molecule has 0 saturated carbocycles. The molecule has 118 valence electrons. The lowest BCUT2D eigenvalue weighted by molar-refractivity contribution is -0.130. The van der Waals surface area contributed by atoms with Crippen molar-refractivity contribution < 1.29 is 13.2 Å². The molecule has 21 heavy (non-hydrogen) atoms. The molecule has 0 spiro atoms. The summed E-state index contributed by atoms with van der Waals surface area (Å²) in [6.45, 7) is 5.36. The molecule has 1 amide bonds. The highest BCUT2D eigenvalue weighted by atomic mass is 32.2. The number of amides is 1. The molecule has 0 bridgehead atoms. The zero-order valence-corrected chi connectivity index (χ0v) is 14.0. The van der Waals surface area contributed by atoms with Gasteiger partial charge < -0.3 is 4.90 Å². The molecule has 1 aromatic carbocycles. The van der Waals surface area contributed by atoms with Gasteiger partial charge in [0.1, 0.15) is 0 Å². The fraction of sp³-hybridized carbons (Fsp3) is 0.533. The van der Waals surface area contributed by atoms with E-state index in [4.69, 9.17) is 0 Å². The van der Waals surface area contributed by atoms with Crippen LogP contribution in [0, 0.1) is 0 Å². The van der Waals surface area contributed by atoms with Crippen molar-refractivity contribution in [3.63, 3.8) is 0 Å². The molecule has 1 rings (SSSR count). The molecule has 0 atom stereocenters. The average molecular weight is 312 g/mol. The van der Waals surface area contributed by atoms with E-state index in [1.165, 1.54) is 18.4 Å². The van der Waals surface area contributed by atoms with Gasteiger partial charge in [-0.25, -0.2) is 12.7 Å². The highest BCUT2D eigenvalue weighted by molar-refractivity contribution is 7.89. The molecule has 5 nitrogen and oxygen atoms in total. The first-order valence-electron chi connectivity index (χ1n) is 7.12. The first-order valence-corrected chi connectivity index (χ1v) is 8.56. The summed E-state index contributed by atoms with van der Waals surface area (Å²) < 4.78 is 25.1. The van der Waals surface area contributed by atoms with Gasteiger partial charge in [-0.2, -0.15) is 0 Å². The Morgan fingerprint density at radius 1 is 1.05 bits per heavy atom. The summed E-state index contributed by atoms with van der Waals surface area (Å²) in [5, 5.41) is 0. The lowest BCUT2D eigenvalue weighted by Crippen LogP contribution is -2.30. The van der Waals surface area contributed by atoms with Gasteiger partial charge in [0.25, 0.3) is 0 Å². The Morgan fingerprint density at radius 2 is 1.57 bits per heavy atom. The number of sulfonamides is 1. The molecule has 0 saturated heterocycles. The third-order valence-electron chi connectivity index (χ3n) is 3.45. The maximum absolute atomic E-state index is 11.9. The van der Waals surface area contributed by atoms with E-state index in [1.807, 2.05) is 13.8 Å². The second kappa shape index (κ2) is 7.56. The predicted molar refractivity (Wildman–Crippen MR) is 83.6 cm³/mol. The van der Waals surface area contributed by atoms with Gasteiger partial charge in [0.15, 0.2) is 0 Å². The Balaban J connectivity index is 2.70. The monoisotopic (exact) mass is 312 g/mol. The average Bonchev–Trinajstić information content (AvgIpc) is 2.46. The summed E-state index contributed by atoms with van der Waals surface area (Å²) in [6.07, 6.45) is 1.07. The quantitative estimate of drug-likeness (QED) is 0.770. The van der Waals surface area contributed by atoms with Crippen LogP contribution in [0.2, 0.25) is 0 Å². The predicted octanol–water partition coefficient (Wildman–Crippen LogP) is 1.74. The van der Waals surface area contributed by atoms with Crippen LogP contribution < -0.4 is 0 Å². The van der Waals surface area contributed by atoms with Gasteiger partial charge in [-0.1, -0.05) is 12.1 Å². The Bertz CT molecular complexity index is 561. The summed E-state index contributed by atoms with van der Waals surface area (Å²) in [4.78, 5) is 14.0. The van der Waals surface area contributed by atoms with Crippen molar-refractivity contribution in [2.45, 2.75) is 31.6 Å². The summed E-state index contributed by atoms with van der Waals surface area (Å²) in [5.41, 5.74) is 0.966. The van der Waals surface area contributed by atoms with E-state index in [1.54, 1.807) is 29.2 Å². The van der Waals surface area contributed by atoms with Crippen LogP contribution in [0.5, 0.6) is 0 Å². The highest BCUT2D eigenvalue weighted by Crippen LogP contribution is 2.15. The molecular formula is C15H24N2O3S. The van der Waals surface area contributed by atoms with Gasteiger partial charge in [-0.15, -0.1) is 0 Å². The van der Waals surface area contributed by atoms with Gasteiger partial charge in [0, 0.05) is 33.6 Å². The normalized spacial score (nSPS) is 11.7. The van der Waals surface area contributed by atoms with Crippen molar-refractivity contribution in [3.8, 4) is 0 Å². The molecular weight excluding hydrogens is 288 g/mol. The summed E-state index contributed by atoms with van der Waals surface area (Å²) in [7, 11) is -0.376. The van der Waals surface area contributed by atoms with Crippen molar-refractivity contribution in [2.75, 3.05) is 27.2 Å². The van der Waals surface area contributed by atoms with Gasteiger partial charge in [-0.05, 0) is 38.0 Å². The second-order valence-electron chi connectivity index (χ2n) is 5.00. The number of nitrogens with zero attached hydrogens (tertiary/aromatic N) is 2. The van der Waals surface area contributed by atoms with Gasteiger partial charge in [0.2, 0.25) is 15.9 Å². The fourth-order valence-corrected chi connectivity index (χ4v) is 2.93. The van der Waals surface area contributed by atoms with Crippen LogP contribution in [0.15, 0.2) is 29.2 Å². The van der Waals surface area contributed by atoms with E-state index < -0.39 is 10.0 Å². The van der Waals surface area contributed by atoms with E-state index in [0.717, 1.165) is 18.7 Å². The highest BCUT2D eigenvalue weighted by Gasteiger charge is 2.16. The molecule has 0 radical (unpaired) electrons. The zero-order chi connectivity index (χ0) is 16.0. The Hall–Kier alpha value is -1.40. The maximum Gasteiger partial charge on any atom is 0.242 e. The minimum absolute atomic E-state index is 0.130. The molecule has 0 aliphatic rings. The number of carbonyl (C=O) groups excluding carboxylic acids is 1. The number of hydrogen-bond acceptors (Lipinski definition) is 3. The van der Waals surface area contributed by atoms with Crippen molar-refractivity contribution in [3.05, 3.63) is 29.8 Å². The van der Waals surface area contributed by atoms with E-state index >= 15 is 0 Å². The van der Waals surface area contributed by atoms with Crippen LogP contribution in [-0.2, 0) is 21.2 Å². The number of hydrogen-bond donors (Lipinski definition) is 0. The topological polar surface area (TPSA) is 57.7 Å². The van der Waals surface area contributed by atoms with E-state index in [0.29, 0.717) is 12.8 Å². The molecule has 0 unspecified atom stereocenters. The fourth-order valence-electron chi connectivity index (χ4n) is 2.02. The van der Waals surface area contributed by atoms with E-state index in [9.17, 15) is 13.2 Å². The first-order chi connectivity index (χ1) is 9.82. The number of carbonyl (C=O) groups is 1. The van der Waals surface area contributed by atoms with Gasteiger partial charge in [0.05, 0.1) is 4.90 Å². The molecule has 1 aromatic rings. The van der Waals surface area contributed by atoms with Crippen molar-refractivity contribution >= 4 is 15.9 Å². The third kappa shape index (κ3) is 4.54. The van der Waals surface area contributed by atoms with Crippen LogP contribution in [0.4, 0.5) is 0 Å². The van der Waals surface area contributed by atoms with Gasteiger partial charge >= 0.3 is 0 Å². The maximum atomic E-state index is 11.9. The largest absolute Gasteiger partial charge is 0.343 e. The van der Waals surface area contributed by atoms with Crippen molar-refractivity contribution in [1.82, 2.24) is 9.21 Å². The molecule has 0 heterocycles. The summed E-state index contributed by atoms with van der Waals surface area (Å²) in [5.74, 6) is 0.130. The molecule has 0 fully saturated rings. The summed E-state index contributed by atoms with van der Waals surface area (Å²) >= 11 is 0. The van der Waals surface area contributed by atoms with E-state index in [-0.39, 0.29) is 10.8 Å². The lowest BCUT2D eigenvalue weighted by atomic mass is 10.1. The number of aryl methyl sites for hydroxylation is 1. The molecule has 6 heteroatoms. The SMILES string of the molecule is CCN(CC)C(=O)CCc1ccc(S(=O)(=O)N(C)C)cc1. The van der Waals surface area contributed by atoms with Crippen LogP contribution >= 0.6 is 0 Å². The van der Waals surface area contributed by atoms with Crippen LogP contribution in [0.3, 0.4) is 0 Å². The number of benzene rings is 1. The molecule has 0 aliphatic heterocycles. The Labute approximate surface area is 127 Å². The van der Waals surface area contributed by atoms with Crippen LogP contribution in [-0.4, -0.2) is 50.7 Å². The van der Waals surface area contributed by atoms with Crippen molar-refractivity contribution in [1.29, 1.82) is 0 Å². The van der Waals surface area contributed by atoms with Crippen LogP contribution in [0.1, 0.15) is 25.8 Å². The smallest absolute Gasteiger partial charge is 0.242 e. The van der Waals surface area contributed by atoms with Crippen molar-refractivity contribution in [2.24, 2.45) is 0 Å². The van der Waals surface area contributed by atoms with Crippen LogP contribution in [0.25, 0.3) is 0 Å². The van der Waals surface area contributed by atoms with Gasteiger partial charge in [-0.3, -0.25) is 4.79 Å². The minimum atomic E-state index is -3.39. The summed E-state index contributed by atoms with van der Waals surface area (Å²) in [6, 6.07) is 6.72. The second-order valence-corrected chi connectivity index (χ2v) is 7.15. The Morgan fingerprint density at radius 3 is 2.00 bits per heavy atom.